The molecule has 1 aromatic rings. The van der Waals surface area contributed by atoms with Crippen LogP contribution < -0.4 is 0 Å². The highest BCUT2D eigenvalue weighted by Crippen LogP contribution is 2.23. The number of likely N-dealkylation sites (tertiary alicyclic amines) is 1. The van der Waals surface area contributed by atoms with E-state index in [-0.39, 0.29) is 0 Å². The van der Waals surface area contributed by atoms with Gasteiger partial charge in [-0.2, -0.15) is 0 Å². The molecule has 0 saturated carbocycles. The van der Waals surface area contributed by atoms with Crippen molar-refractivity contribution < 1.29 is 9.52 Å². The summed E-state index contributed by atoms with van der Waals surface area (Å²) in [4.78, 5) is 6.71. The predicted molar refractivity (Wildman–Crippen MR) is 65.7 cm³/mol. The lowest BCUT2D eigenvalue weighted by atomic mass is 10.1. The van der Waals surface area contributed by atoms with Gasteiger partial charge in [0.15, 0.2) is 11.7 Å². The molecule has 17 heavy (non-hydrogen) atoms. The van der Waals surface area contributed by atoms with Crippen LogP contribution in [0.1, 0.15) is 44.9 Å². The standard InChI is InChI=1S/C13H22N2O2/c1-9(2)15-5-4-11(8-15)6-13-14-7-12(17-13)10(3)16/h7,9-11,16H,4-6,8H2,1-3H3. The fourth-order valence-corrected chi connectivity index (χ4v) is 2.36. The Hall–Kier alpha value is -0.870. The van der Waals surface area contributed by atoms with Crippen LogP contribution in [0.15, 0.2) is 10.6 Å². The molecule has 1 aliphatic heterocycles. The van der Waals surface area contributed by atoms with Crippen molar-refractivity contribution in [2.75, 3.05) is 13.1 Å². The monoisotopic (exact) mass is 238 g/mol. The van der Waals surface area contributed by atoms with Gasteiger partial charge in [0.2, 0.25) is 0 Å². The van der Waals surface area contributed by atoms with Crippen LogP contribution in [0.2, 0.25) is 0 Å². The molecule has 0 bridgehead atoms. The molecule has 2 atom stereocenters. The molecule has 2 unspecified atom stereocenters. The van der Waals surface area contributed by atoms with Crippen LogP contribution in [0.3, 0.4) is 0 Å². The summed E-state index contributed by atoms with van der Waals surface area (Å²) in [6, 6.07) is 0.623. The molecule has 0 aromatic carbocycles. The fourth-order valence-electron chi connectivity index (χ4n) is 2.36. The Labute approximate surface area is 103 Å². The first-order valence-corrected chi connectivity index (χ1v) is 6.43. The normalized spacial score (nSPS) is 23.5. The zero-order chi connectivity index (χ0) is 12.4. The molecule has 2 heterocycles. The second-order valence-corrected chi connectivity index (χ2v) is 5.28. The largest absolute Gasteiger partial charge is 0.443 e. The van der Waals surface area contributed by atoms with Crippen LogP contribution in [-0.2, 0) is 6.42 Å². The van der Waals surface area contributed by atoms with Crippen molar-refractivity contribution in [2.24, 2.45) is 5.92 Å². The van der Waals surface area contributed by atoms with Crippen molar-refractivity contribution in [1.29, 1.82) is 0 Å². The number of hydrogen-bond donors (Lipinski definition) is 1. The summed E-state index contributed by atoms with van der Waals surface area (Å²) in [6.07, 6.45) is 3.17. The number of oxazole rings is 1. The minimum Gasteiger partial charge on any atom is -0.443 e. The van der Waals surface area contributed by atoms with E-state index in [1.807, 2.05) is 0 Å². The molecule has 1 aromatic heterocycles. The highest BCUT2D eigenvalue weighted by atomic mass is 16.4. The number of nitrogens with zero attached hydrogens (tertiary/aromatic N) is 2. The highest BCUT2D eigenvalue weighted by Gasteiger charge is 2.25. The molecule has 0 aliphatic carbocycles. The van der Waals surface area contributed by atoms with Crippen molar-refractivity contribution in [2.45, 2.75) is 45.8 Å². The molecule has 1 aliphatic rings. The van der Waals surface area contributed by atoms with Crippen LogP contribution >= 0.6 is 0 Å². The molecule has 2 rings (SSSR count). The summed E-state index contributed by atoms with van der Waals surface area (Å²) < 4.78 is 5.52. The maximum atomic E-state index is 9.37. The molecule has 4 nitrogen and oxygen atoms in total. The first-order chi connectivity index (χ1) is 8.06. The van der Waals surface area contributed by atoms with Gasteiger partial charge in [-0.1, -0.05) is 0 Å². The van der Waals surface area contributed by atoms with Crippen LogP contribution in [0, 0.1) is 5.92 Å². The molecule has 96 valence electrons. The topological polar surface area (TPSA) is 49.5 Å². The molecule has 0 spiro atoms. The Bertz CT molecular complexity index is 360. The Kier molecular flexibility index (Phi) is 3.84. The summed E-state index contributed by atoms with van der Waals surface area (Å²) in [5.74, 6) is 1.97. The van der Waals surface area contributed by atoms with E-state index in [0.29, 0.717) is 17.7 Å². The van der Waals surface area contributed by atoms with Gasteiger partial charge in [0.25, 0.3) is 0 Å². The molecular weight excluding hydrogens is 216 g/mol. The van der Waals surface area contributed by atoms with E-state index in [1.165, 1.54) is 13.0 Å². The molecule has 4 heteroatoms. The molecule has 1 saturated heterocycles. The van der Waals surface area contributed by atoms with Crippen molar-refractivity contribution in [3.8, 4) is 0 Å². The third-order valence-corrected chi connectivity index (χ3v) is 3.49. The third kappa shape index (κ3) is 3.07. The van der Waals surface area contributed by atoms with Gasteiger partial charge in [0.1, 0.15) is 6.10 Å². The molecular formula is C13H22N2O2. The summed E-state index contributed by atoms with van der Waals surface area (Å²) in [5.41, 5.74) is 0. The van der Waals surface area contributed by atoms with Gasteiger partial charge in [-0.05, 0) is 39.7 Å². The average Bonchev–Trinajstić information content (AvgIpc) is 2.87. The van der Waals surface area contributed by atoms with Crippen molar-refractivity contribution >= 4 is 0 Å². The van der Waals surface area contributed by atoms with Gasteiger partial charge >= 0.3 is 0 Å². The minimum atomic E-state index is -0.563. The first-order valence-electron chi connectivity index (χ1n) is 6.43. The quantitative estimate of drug-likeness (QED) is 0.871. The lowest BCUT2D eigenvalue weighted by Crippen LogP contribution is -2.28. The SMILES string of the molecule is CC(O)c1cnc(CC2CCN(C(C)C)C2)o1. The summed E-state index contributed by atoms with van der Waals surface area (Å²) in [6.45, 7) is 8.47. The summed E-state index contributed by atoms with van der Waals surface area (Å²) in [7, 11) is 0. The van der Waals surface area contributed by atoms with Crippen molar-refractivity contribution in [1.82, 2.24) is 9.88 Å². The lowest BCUT2D eigenvalue weighted by Gasteiger charge is -2.19. The van der Waals surface area contributed by atoms with Crippen LogP contribution in [0.25, 0.3) is 0 Å². The van der Waals surface area contributed by atoms with Gasteiger partial charge in [0.05, 0.1) is 6.20 Å². The number of aromatic nitrogens is 1. The Balaban J connectivity index is 1.89. The van der Waals surface area contributed by atoms with Crippen molar-refractivity contribution in [3.05, 3.63) is 17.8 Å². The maximum Gasteiger partial charge on any atom is 0.194 e. The second-order valence-electron chi connectivity index (χ2n) is 5.28. The van der Waals surface area contributed by atoms with Gasteiger partial charge in [-0.3, -0.25) is 0 Å². The van der Waals surface area contributed by atoms with Gasteiger partial charge < -0.3 is 14.4 Å². The van der Waals surface area contributed by atoms with E-state index < -0.39 is 6.10 Å². The highest BCUT2D eigenvalue weighted by molar-refractivity contribution is 4.98. The Morgan fingerprint density at radius 1 is 1.53 bits per heavy atom. The zero-order valence-corrected chi connectivity index (χ0v) is 10.9. The average molecular weight is 238 g/mol. The minimum absolute atomic E-state index is 0.563. The number of hydrogen-bond acceptors (Lipinski definition) is 4. The van der Waals surface area contributed by atoms with Crippen molar-refractivity contribution in [3.63, 3.8) is 0 Å². The number of aliphatic hydroxyl groups is 1. The predicted octanol–water partition coefficient (Wildman–Crippen LogP) is 2.00. The fraction of sp³-hybridized carbons (Fsp3) is 0.769. The van der Waals surface area contributed by atoms with E-state index in [4.69, 9.17) is 4.42 Å². The zero-order valence-electron chi connectivity index (χ0n) is 10.9. The lowest BCUT2D eigenvalue weighted by molar-refractivity contribution is 0.166. The van der Waals surface area contributed by atoms with E-state index in [2.05, 4.69) is 23.7 Å². The van der Waals surface area contributed by atoms with Gasteiger partial charge in [-0.15, -0.1) is 0 Å². The Morgan fingerprint density at radius 2 is 2.29 bits per heavy atom. The van der Waals surface area contributed by atoms with E-state index in [0.717, 1.165) is 18.9 Å². The van der Waals surface area contributed by atoms with Crippen LogP contribution in [0.4, 0.5) is 0 Å². The van der Waals surface area contributed by atoms with Crippen LogP contribution in [0.5, 0.6) is 0 Å². The smallest absolute Gasteiger partial charge is 0.194 e. The van der Waals surface area contributed by atoms with Gasteiger partial charge in [-0.25, -0.2) is 4.98 Å². The van der Waals surface area contributed by atoms with Crippen LogP contribution in [-0.4, -0.2) is 34.1 Å². The van der Waals surface area contributed by atoms with Gasteiger partial charge in [0, 0.05) is 19.0 Å². The second kappa shape index (κ2) is 5.19. The first kappa shape index (κ1) is 12.6. The number of rotatable bonds is 4. The maximum absolute atomic E-state index is 9.37. The van der Waals surface area contributed by atoms with E-state index in [9.17, 15) is 5.11 Å². The third-order valence-electron chi connectivity index (χ3n) is 3.49. The summed E-state index contributed by atoms with van der Waals surface area (Å²) in [5, 5.41) is 9.37. The summed E-state index contributed by atoms with van der Waals surface area (Å²) >= 11 is 0. The van der Waals surface area contributed by atoms with E-state index >= 15 is 0 Å². The Morgan fingerprint density at radius 3 is 2.82 bits per heavy atom. The molecule has 1 N–H and O–H groups in total. The number of aliphatic hydroxyl groups excluding tert-OH is 1. The molecule has 0 radical (unpaired) electrons. The molecule has 1 fully saturated rings. The van der Waals surface area contributed by atoms with E-state index in [1.54, 1.807) is 13.1 Å². The molecule has 0 amide bonds.